The van der Waals surface area contributed by atoms with Crippen LogP contribution < -0.4 is 5.54 Å². The Morgan fingerprint density at radius 3 is 2.58 bits per heavy atom. The molecule has 0 spiro atoms. The lowest BCUT2D eigenvalue weighted by Gasteiger charge is -2.09. The lowest BCUT2D eigenvalue weighted by molar-refractivity contribution is 0.280. The van der Waals surface area contributed by atoms with Crippen molar-refractivity contribution < 1.29 is 9.59 Å². The monoisotopic (exact) mass is 169 g/mol. The maximum absolute atomic E-state index is 12.1. The summed E-state index contributed by atoms with van der Waals surface area (Å²) in [5.41, 5.74) is 4.54. The molecule has 0 aliphatic carbocycles. The largest absolute Gasteiger partial charge is 0.392 e. The maximum Gasteiger partial charge on any atom is 0.0688 e. The van der Waals surface area contributed by atoms with Crippen LogP contribution in [0.1, 0.15) is 16.7 Å². The maximum atomic E-state index is 12.1. The van der Waals surface area contributed by atoms with E-state index in [-0.39, 0.29) is 6.61 Å². The van der Waals surface area contributed by atoms with Crippen molar-refractivity contribution in [3.63, 3.8) is 0 Å². The van der Waals surface area contributed by atoms with E-state index in [0.29, 0.717) is 5.69 Å². The standard InChI is InChI=1S/C9H12FNO/c1-6-3-4-9(11-10)7(2)8(6)5-12/h3-4,11-12H,5H2,1-2H3. The van der Waals surface area contributed by atoms with Gasteiger partial charge >= 0.3 is 0 Å². The van der Waals surface area contributed by atoms with Crippen LogP contribution in [0.2, 0.25) is 0 Å². The molecule has 0 amide bonds. The second kappa shape index (κ2) is 3.54. The third-order valence-electron chi connectivity index (χ3n) is 2.09. The lowest BCUT2D eigenvalue weighted by Crippen LogP contribution is -1.96. The molecule has 66 valence electrons. The van der Waals surface area contributed by atoms with E-state index in [1.165, 1.54) is 0 Å². The first-order chi connectivity index (χ1) is 5.70. The Balaban J connectivity index is 3.24. The van der Waals surface area contributed by atoms with Gasteiger partial charge in [0.15, 0.2) is 0 Å². The molecule has 2 nitrogen and oxygen atoms in total. The van der Waals surface area contributed by atoms with E-state index >= 15 is 0 Å². The van der Waals surface area contributed by atoms with Crippen LogP contribution >= 0.6 is 0 Å². The van der Waals surface area contributed by atoms with Crippen LogP contribution in [-0.4, -0.2) is 5.11 Å². The summed E-state index contributed by atoms with van der Waals surface area (Å²) in [6, 6.07) is 3.43. The minimum absolute atomic E-state index is 0.0484. The summed E-state index contributed by atoms with van der Waals surface area (Å²) in [6.07, 6.45) is 0. The lowest BCUT2D eigenvalue weighted by atomic mass is 10.0. The van der Waals surface area contributed by atoms with Gasteiger partial charge < -0.3 is 5.11 Å². The van der Waals surface area contributed by atoms with Gasteiger partial charge in [0.25, 0.3) is 0 Å². The van der Waals surface area contributed by atoms with E-state index in [1.54, 1.807) is 24.6 Å². The number of anilines is 1. The number of rotatable bonds is 2. The number of nitrogens with one attached hydrogen (secondary N) is 1. The molecule has 1 rings (SSSR count). The van der Waals surface area contributed by atoms with E-state index in [0.717, 1.165) is 16.7 Å². The molecule has 0 atom stereocenters. The average molecular weight is 169 g/mol. The summed E-state index contributed by atoms with van der Waals surface area (Å²) in [4.78, 5) is 0. The van der Waals surface area contributed by atoms with E-state index in [2.05, 4.69) is 0 Å². The van der Waals surface area contributed by atoms with Crippen LogP contribution in [0, 0.1) is 13.8 Å². The summed E-state index contributed by atoms with van der Waals surface area (Å²) < 4.78 is 12.1. The van der Waals surface area contributed by atoms with Gasteiger partial charge in [-0.05, 0) is 36.6 Å². The van der Waals surface area contributed by atoms with E-state index in [1.807, 2.05) is 6.92 Å². The molecule has 0 bridgehead atoms. The molecule has 0 aromatic heterocycles. The van der Waals surface area contributed by atoms with Crippen LogP contribution in [0.4, 0.5) is 10.2 Å². The van der Waals surface area contributed by atoms with Crippen molar-refractivity contribution in [2.45, 2.75) is 20.5 Å². The summed E-state index contributed by atoms with van der Waals surface area (Å²) in [6.45, 7) is 3.62. The number of benzene rings is 1. The van der Waals surface area contributed by atoms with E-state index < -0.39 is 0 Å². The molecule has 1 aromatic rings. The van der Waals surface area contributed by atoms with E-state index in [9.17, 15) is 4.48 Å². The molecule has 0 saturated heterocycles. The fraction of sp³-hybridized carbons (Fsp3) is 0.333. The summed E-state index contributed by atoms with van der Waals surface area (Å²) in [5, 5.41) is 8.97. The fourth-order valence-electron chi connectivity index (χ4n) is 1.24. The van der Waals surface area contributed by atoms with Gasteiger partial charge in [-0.3, -0.25) is 0 Å². The minimum atomic E-state index is -0.0484. The van der Waals surface area contributed by atoms with Crippen molar-refractivity contribution in [1.29, 1.82) is 0 Å². The zero-order valence-electron chi connectivity index (χ0n) is 7.19. The number of hydrogen-bond acceptors (Lipinski definition) is 2. The molecule has 0 unspecified atom stereocenters. The van der Waals surface area contributed by atoms with Gasteiger partial charge in [0.05, 0.1) is 12.3 Å². The third-order valence-corrected chi connectivity index (χ3v) is 2.09. The Bertz CT molecular complexity index is 286. The van der Waals surface area contributed by atoms with Gasteiger partial charge in [-0.2, -0.15) is 0 Å². The van der Waals surface area contributed by atoms with Gasteiger partial charge in [-0.1, -0.05) is 6.07 Å². The van der Waals surface area contributed by atoms with Crippen molar-refractivity contribution >= 4 is 5.69 Å². The molecule has 0 aliphatic heterocycles. The molecule has 1 aromatic carbocycles. The summed E-state index contributed by atoms with van der Waals surface area (Å²) in [7, 11) is 0. The van der Waals surface area contributed by atoms with Crippen molar-refractivity contribution in [2.24, 2.45) is 0 Å². The average Bonchev–Trinajstić information content (AvgIpc) is 2.06. The van der Waals surface area contributed by atoms with Crippen molar-refractivity contribution in [3.05, 3.63) is 28.8 Å². The smallest absolute Gasteiger partial charge is 0.0688 e. The Morgan fingerprint density at radius 1 is 1.42 bits per heavy atom. The molecule has 0 aliphatic rings. The number of aliphatic hydroxyl groups is 1. The highest BCUT2D eigenvalue weighted by Crippen LogP contribution is 2.22. The molecular weight excluding hydrogens is 157 g/mol. The van der Waals surface area contributed by atoms with Crippen molar-refractivity contribution in [3.8, 4) is 0 Å². The highest BCUT2D eigenvalue weighted by atomic mass is 19.2. The molecule has 0 heterocycles. The molecule has 0 fully saturated rings. The molecule has 2 N–H and O–H groups in total. The topological polar surface area (TPSA) is 32.3 Å². The van der Waals surface area contributed by atoms with Crippen LogP contribution in [0.25, 0.3) is 0 Å². The first kappa shape index (κ1) is 9.00. The second-order valence-corrected chi connectivity index (χ2v) is 2.79. The van der Waals surface area contributed by atoms with Crippen LogP contribution in [0.15, 0.2) is 12.1 Å². The van der Waals surface area contributed by atoms with Gasteiger partial charge in [0, 0.05) is 0 Å². The number of hydrogen-bond donors (Lipinski definition) is 2. The van der Waals surface area contributed by atoms with Gasteiger partial charge in [0.1, 0.15) is 0 Å². The Kier molecular flexibility index (Phi) is 2.65. The van der Waals surface area contributed by atoms with Gasteiger partial charge in [0.2, 0.25) is 0 Å². The molecule has 0 radical (unpaired) electrons. The van der Waals surface area contributed by atoms with Crippen molar-refractivity contribution in [2.75, 3.05) is 5.54 Å². The zero-order valence-corrected chi connectivity index (χ0v) is 7.19. The minimum Gasteiger partial charge on any atom is -0.392 e. The van der Waals surface area contributed by atoms with Gasteiger partial charge in [-0.25, -0.2) is 5.54 Å². The third kappa shape index (κ3) is 1.41. The first-order valence-electron chi connectivity index (χ1n) is 3.77. The summed E-state index contributed by atoms with van der Waals surface area (Å²) >= 11 is 0. The predicted octanol–water partition coefficient (Wildman–Crippen LogP) is 2.09. The predicted molar refractivity (Wildman–Crippen MR) is 46.6 cm³/mol. The Morgan fingerprint density at radius 2 is 2.08 bits per heavy atom. The number of aliphatic hydroxyl groups excluding tert-OH is 1. The van der Waals surface area contributed by atoms with Crippen LogP contribution in [-0.2, 0) is 6.61 Å². The molecule has 12 heavy (non-hydrogen) atoms. The van der Waals surface area contributed by atoms with Crippen LogP contribution in [0.3, 0.4) is 0 Å². The molecule has 0 saturated carbocycles. The highest BCUT2D eigenvalue weighted by molar-refractivity contribution is 5.54. The van der Waals surface area contributed by atoms with Gasteiger partial charge in [-0.15, -0.1) is 4.48 Å². The summed E-state index contributed by atoms with van der Waals surface area (Å²) in [5.74, 6) is 0. The second-order valence-electron chi connectivity index (χ2n) is 2.79. The highest BCUT2D eigenvalue weighted by Gasteiger charge is 2.05. The zero-order chi connectivity index (χ0) is 9.14. The fourth-order valence-corrected chi connectivity index (χ4v) is 1.24. The normalized spacial score (nSPS) is 10.0. The Hall–Kier alpha value is -1.09. The molecular formula is C9H12FNO. The number of halogens is 1. The molecule has 3 heteroatoms. The van der Waals surface area contributed by atoms with E-state index in [4.69, 9.17) is 5.11 Å². The van der Waals surface area contributed by atoms with Crippen molar-refractivity contribution in [1.82, 2.24) is 0 Å². The SMILES string of the molecule is Cc1ccc(NF)c(C)c1CO. The first-order valence-corrected chi connectivity index (χ1v) is 3.77. The Labute approximate surface area is 71.0 Å². The van der Waals surface area contributed by atoms with Crippen LogP contribution in [0.5, 0.6) is 0 Å². The number of aryl methyl sites for hydroxylation is 1. The quantitative estimate of drug-likeness (QED) is 0.664.